The fourth-order valence-electron chi connectivity index (χ4n) is 3.47. The van der Waals surface area contributed by atoms with Crippen molar-refractivity contribution in [2.75, 3.05) is 5.32 Å². The van der Waals surface area contributed by atoms with E-state index in [1.165, 1.54) is 25.7 Å². The summed E-state index contributed by atoms with van der Waals surface area (Å²) >= 11 is 0. The summed E-state index contributed by atoms with van der Waals surface area (Å²) in [5.41, 5.74) is 1.38. The lowest BCUT2D eigenvalue weighted by atomic mass is 10.1. The topological polar surface area (TPSA) is 66.9 Å². The second-order valence-corrected chi connectivity index (χ2v) is 7.41. The molecule has 4 rings (SSSR count). The number of hydrogen-bond donors (Lipinski definition) is 2. The molecule has 2 N–H and O–H groups in total. The highest BCUT2D eigenvalue weighted by molar-refractivity contribution is 5.93. The summed E-state index contributed by atoms with van der Waals surface area (Å²) in [6, 6.07) is 12.4. The fraction of sp³-hybridized carbons (Fsp3) is 0.476. The molecule has 0 unspecified atom stereocenters. The van der Waals surface area contributed by atoms with Crippen LogP contribution in [0, 0.1) is 0 Å². The van der Waals surface area contributed by atoms with Gasteiger partial charge in [-0.05, 0) is 25.7 Å². The molecule has 2 fully saturated rings. The van der Waals surface area contributed by atoms with Crippen LogP contribution >= 0.6 is 0 Å². The first-order valence-corrected chi connectivity index (χ1v) is 9.80. The summed E-state index contributed by atoms with van der Waals surface area (Å²) in [6.45, 7) is 0. The summed E-state index contributed by atoms with van der Waals surface area (Å²) < 4.78 is 0. The molecule has 5 heteroatoms. The third-order valence-corrected chi connectivity index (χ3v) is 5.11. The number of carbonyl (C=O) groups excluding carboxylic acids is 1. The van der Waals surface area contributed by atoms with Gasteiger partial charge in [0.15, 0.2) is 5.82 Å². The summed E-state index contributed by atoms with van der Waals surface area (Å²) in [5.74, 6) is 1.25. The minimum atomic E-state index is -0.0877. The zero-order valence-corrected chi connectivity index (χ0v) is 15.1. The Labute approximate surface area is 154 Å². The van der Waals surface area contributed by atoms with E-state index in [1.807, 2.05) is 30.3 Å². The van der Waals surface area contributed by atoms with Crippen LogP contribution in [0.4, 0.5) is 5.82 Å². The van der Waals surface area contributed by atoms with Gasteiger partial charge in [0.05, 0.1) is 0 Å². The van der Waals surface area contributed by atoms with Crippen molar-refractivity contribution < 1.29 is 4.79 Å². The molecule has 1 aromatic heterocycles. The zero-order valence-electron chi connectivity index (χ0n) is 15.1. The molecular weight excluding hydrogens is 324 g/mol. The van der Waals surface area contributed by atoms with Crippen molar-refractivity contribution in [1.29, 1.82) is 0 Å². The van der Waals surface area contributed by atoms with E-state index in [1.54, 1.807) is 6.07 Å². The predicted octanol–water partition coefficient (Wildman–Crippen LogP) is 4.17. The normalized spacial score (nSPS) is 18.2. The van der Waals surface area contributed by atoms with E-state index in [4.69, 9.17) is 0 Å². The van der Waals surface area contributed by atoms with Crippen LogP contribution in [0.15, 0.2) is 36.4 Å². The van der Waals surface area contributed by atoms with E-state index in [0.717, 1.165) is 37.1 Å². The molecule has 0 atom stereocenters. The van der Waals surface area contributed by atoms with E-state index in [2.05, 4.69) is 20.6 Å². The van der Waals surface area contributed by atoms with Gasteiger partial charge in [0.25, 0.3) is 5.91 Å². The first-order chi connectivity index (χ1) is 12.8. The molecule has 0 radical (unpaired) electrons. The van der Waals surface area contributed by atoms with Crippen LogP contribution in [0.2, 0.25) is 0 Å². The van der Waals surface area contributed by atoms with Crippen molar-refractivity contribution in [3.05, 3.63) is 42.1 Å². The Kier molecular flexibility index (Phi) is 5.14. The maximum absolute atomic E-state index is 12.8. The Hall–Kier alpha value is -2.43. The Balaban J connectivity index is 1.57. The first-order valence-electron chi connectivity index (χ1n) is 9.80. The lowest BCUT2D eigenvalue weighted by molar-refractivity contribution is 0.0928. The number of rotatable bonds is 5. The summed E-state index contributed by atoms with van der Waals surface area (Å²) in [6.07, 6.45) is 9.38. The number of amides is 1. The third kappa shape index (κ3) is 4.40. The molecule has 2 aliphatic carbocycles. The van der Waals surface area contributed by atoms with E-state index in [-0.39, 0.29) is 11.9 Å². The smallest absolute Gasteiger partial charge is 0.270 e. The zero-order chi connectivity index (χ0) is 17.8. The molecule has 1 heterocycles. The van der Waals surface area contributed by atoms with Crippen LogP contribution in [0.3, 0.4) is 0 Å². The minimum absolute atomic E-state index is 0.0877. The van der Waals surface area contributed by atoms with Gasteiger partial charge in [0.2, 0.25) is 0 Å². The highest BCUT2D eigenvalue weighted by atomic mass is 16.1. The first kappa shape index (κ1) is 17.0. The second-order valence-electron chi connectivity index (χ2n) is 7.41. The van der Waals surface area contributed by atoms with Gasteiger partial charge in [-0.1, -0.05) is 56.0 Å². The summed E-state index contributed by atoms with van der Waals surface area (Å²) in [5, 5.41) is 6.60. The molecule has 1 amide bonds. The van der Waals surface area contributed by atoms with Crippen molar-refractivity contribution in [3.63, 3.8) is 0 Å². The lowest BCUT2D eigenvalue weighted by Gasteiger charge is -2.16. The minimum Gasteiger partial charge on any atom is -0.367 e. The molecule has 2 aliphatic rings. The third-order valence-electron chi connectivity index (χ3n) is 5.11. The van der Waals surface area contributed by atoms with Crippen molar-refractivity contribution in [3.8, 4) is 11.4 Å². The van der Waals surface area contributed by atoms with E-state index in [0.29, 0.717) is 17.6 Å². The highest BCUT2D eigenvalue weighted by Gasteiger charge is 2.23. The summed E-state index contributed by atoms with van der Waals surface area (Å²) in [4.78, 5) is 22.0. The highest BCUT2D eigenvalue weighted by Crippen LogP contribution is 2.26. The molecule has 1 aromatic carbocycles. The quantitative estimate of drug-likeness (QED) is 0.794. The molecule has 136 valence electrons. The van der Waals surface area contributed by atoms with Crippen molar-refractivity contribution in [2.24, 2.45) is 0 Å². The SMILES string of the molecule is O=C(NC1CCCCCC1)c1cc(NC2CC2)nc(-c2ccccc2)n1. The standard InChI is InChI=1S/C21H26N4O/c26-21(23-16-10-6-1-2-7-11-16)18-14-19(22-17-12-13-17)25-20(24-18)15-8-4-3-5-9-15/h3-5,8-9,14,16-17H,1-2,6-7,10-13H2,(H,23,26)(H,22,24,25). The van der Waals surface area contributed by atoms with Gasteiger partial charge >= 0.3 is 0 Å². The van der Waals surface area contributed by atoms with Crippen molar-refractivity contribution in [1.82, 2.24) is 15.3 Å². The number of aromatic nitrogens is 2. The second kappa shape index (κ2) is 7.85. The number of benzene rings is 1. The monoisotopic (exact) mass is 350 g/mol. The lowest BCUT2D eigenvalue weighted by Crippen LogP contribution is -2.35. The van der Waals surface area contributed by atoms with Gasteiger partial charge in [0.1, 0.15) is 11.5 Å². The van der Waals surface area contributed by atoms with Gasteiger partial charge < -0.3 is 10.6 Å². The van der Waals surface area contributed by atoms with E-state index in [9.17, 15) is 4.79 Å². The van der Waals surface area contributed by atoms with Gasteiger partial charge in [0, 0.05) is 23.7 Å². The molecule has 5 nitrogen and oxygen atoms in total. The largest absolute Gasteiger partial charge is 0.367 e. The van der Waals surface area contributed by atoms with Crippen LogP contribution < -0.4 is 10.6 Å². The van der Waals surface area contributed by atoms with E-state index < -0.39 is 0 Å². The molecule has 2 aromatic rings. The van der Waals surface area contributed by atoms with Crippen LogP contribution in [0.5, 0.6) is 0 Å². The Morgan fingerprint density at radius 2 is 1.62 bits per heavy atom. The molecule has 26 heavy (non-hydrogen) atoms. The number of anilines is 1. The van der Waals surface area contributed by atoms with Crippen LogP contribution in [-0.4, -0.2) is 28.0 Å². The number of nitrogens with zero attached hydrogens (tertiary/aromatic N) is 2. The number of hydrogen-bond acceptors (Lipinski definition) is 4. The van der Waals surface area contributed by atoms with Gasteiger partial charge in [-0.3, -0.25) is 4.79 Å². The molecule has 0 saturated heterocycles. The van der Waals surface area contributed by atoms with Crippen LogP contribution in [0.1, 0.15) is 61.9 Å². The Morgan fingerprint density at radius 3 is 2.31 bits per heavy atom. The molecule has 0 aliphatic heterocycles. The number of nitrogens with one attached hydrogen (secondary N) is 2. The Bertz CT molecular complexity index is 750. The maximum Gasteiger partial charge on any atom is 0.270 e. The molecule has 2 saturated carbocycles. The molecule has 0 bridgehead atoms. The van der Waals surface area contributed by atoms with Crippen molar-refractivity contribution in [2.45, 2.75) is 63.5 Å². The fourth-order valence-corrected chi connectivity index (χ4v) is 3.47. The van der Waals surface area contributed by atoms with Gasteiger partial charge in [-0.2, -0.15) is 0 Å². The van der Waals surface area contributed by atoms with Crippen LogP contribution in [0.25, 0.3) is 11.4 Å². The maximum atomic E-state index is 12.8. The molecule has 0 spiro atoms. The van der Waals surface area contributed by atoms with Gasteiger partial charge in [-0.15, -0.1) is 0 Å². The Morgan fingerprint density at radius 1 is 0.885 bits per heavy atom. The summed E-state index contributed by atoms with van der Waals surface area (Å²) in [7, 11) is 0. The average Bonchev–Trinajstić information content (AvgIpc) is 3.50. The van der Waals surface area contributed by atoms with Crippen LogP contribution in [-0.2, 0) is 0 Å². The predicted molar refractivity (Wildman–Crippen MR) is 103 cm³/mol. The molecular formula is C21H26N4O. The van der Waals surface area contributed by atoms with E-state index >= 15 is 0 Å². The number of carbonyl (C=O) groups is 1. The average molecular weight is 350 g/mol. The van der Waals surface area contributed by atoms with Crippen molar-refractivity contribution >= 4 is 11.7 Å². The van der Waals surface area contributed by atoms with Gasteiger partial charge in [-0.25, -0.2) is 9.97 Å².